The normalized spacial score (nSPS) is 23.2. The SMILES string of the molecule is CC1C=Cc2c(ncnc2C2CCCC(CCCC(=O)C(C)CCCc3ccccc3)CCC2)CN1. The van der Waals surface area contributed by atoms with Gasteiger partial charge in [0.25, 0.3) is 0 Å². The van der Waals surface area contributed by atoms with Crippen molar-refractivity contribution >= 4 is 11.9 Å². The van der Waals surface area contributed by atoms with Crippen LogP contribution in [0, 0.1) is 11.8 Å². The maximum absolute atomic E-state index is 12.7. The molecule has 1 fully saturated rings. The van der Waals surface area contributed by atoms with Crippen molar-refractivity contribution in [2.75, 3.05) is 0 Å². The Morgan fingerprint density at radius 2 is 1.83 bits per heavy atom. The Morgan fingerprint density at radius 1 is 1.06 bits per heavy atom. The number of aromatic nitrogens is 2. The topological polar surface area (TPSA) is 54.9 Å². The Bertz CT molecular complexity index is 976. The van der Waals surface area contributed by atoms with Gasteiger partial charge in [-0.3, -0.25) is 4.79 Å². The number of ketones is 1. The van der Waals surface area contributed by atoms with Crippen LogP contribution in [0.2, 0.25) is 0 Å². The molecule has 0 spiro atoms. The summed E-state index contributed by atoms with van der Waals surface area (Å²) >= 11 is 0. The van der Waals surface area contributed by atoms with Gasteiger partial charge in [0, 0.05) is 36.4 Å². The molecule has 36 heavy (non-hydrogen) atoms. The number of hydrogen-bond donors (Lipinski definition) is 1. The van der Waals surface area contributed by atoms with Crippen LogP contribution in [0.5, 0.6) is 0 Å². The van der Waals surface area contributed by atoms with E-state index in [1.807, 2.05) is 0 Å². The molecule has 4 nitrogen and oxygen atoms in total. The van der Waals surface area contributed by atoms with Crippen LogP contribution < -0.4 is 5.32 Å². The fraction of sp³-hybridized carbons (Fsp3) is 0.594. The third kappa shape index (κ3) is 7.83. The van der Waals surface area contributed by atoms with E-state index in [0.29, 0.717) is 17.7 Å². The van der Waals surface area contributed by atoms with E-state index < -0.39 is 0 Å². The summed E-state index contributed by atoms with van der Waals surface area (Å²) in [5.74, 6) is 1.98. The van der Waals surface area contributed by atoms with Crippen LogP contribution in [0.25, 0.3) is 6.08 Å². The largest absolute Gasteiger partial charge is 0.305 e. The van der Waals surface area contributed by atoms with Crippen LogP contribution in [0.15, 0.2) is 42.7 Å². The second kappa shape index (κ2) is 13.8. The van der Waals surface area contributed by atoms with Gasteiger partial charge in [-0.1, -0.05) is 81.5 Å². The number of nitrogens with one attached hydrogen (secondary N) is 1. The van der Waals surface area contributed by atoms with Gasteiger partial charge >= 0.3 is 0 Å². The quantitative estimate of drug-likeness (QED) is 0.378. The standard InChI is InChI=1S/C32H45N3O/c1-24(10-6-13-26-11-4-3-5-12-26)31(36)19-9-16-27-14-7-17-28(18-8-15-27)32-29-21-20-25(2)33-22-30(29)34-23-35-32/h3-5,11-12,20-21,23-25,27-28,33H,6-10,13-19,22H2,1-2H3. The summed E-state index contributed by atoms with van der Waals surface area (Å²) < 4.78 is 0. The zero-order valence-electron chi connectivity index (χ0n) is 22.4. The molecule has 2 unspecified atom stereocenters. The smallest absolute Gasteiger partial charge is 0.135 e. The van der Waals surface area contributed by atoms with E-state index in [0.717, 1.165) is 50.3 Å². The van der Waals surface area contributed by atoms with Crippen molar-refractivity contribution in [2.45, 2.75) is 109 Å². The lowest BCUT2D eigenvalue weighted by molar-refractivity contribution is -0.122. The van der Waals surface area contributed by atoms with Crippen LogP contribution >= 0.6 is 0 Å². The van der Waals surface area contributed by atoms with Crippen LogP contribution in [0.3, 0.4) is 0 Å². The number of fused-ring (bicyclic) bond motifs is 1. The minimum Gasteiger partial charge on any atom is -0.305 e. The monoisotopic (exact) mass is 487 g/mol. The summed E-state index contributed by atoms with van der Waals surface area (Å²) in [5, 5.41) is 3.51. The average Bonchev–Trinajstić information content (AvgIpc) is 3.07. The number of Topliss-reactive ketones (excluding diaryl/α,β-unsaturated/α-hetero) is 1. The number of aryl methyl sites for hydroxylation is 1. The van der Waals surface area contributed by atoms with Gasteiger partial charge in [0.1, 0.15) is 12.1 Å². The Morgan fingerprint density at radius 3 is 2.61 bits per heavy atom. The van der Waals surface area contributed by atoms with Crippen molar-refractivity contribution in [3.63, 3.8) is 0 Å². The molecule has 194 valence electrons. The Labute approximate surface area is 218 Å². The second-order valence-corrected chi connectivity index (χ2v) is 11.2. The number of carbonyl (C=O) groups excluding carboxylic acids is 1. The van der Waals surface area contributed by atoms with E-state index in [-0.39, 0.29) is 5.92 Å². The molecule has 0 bridgehead atoms. The van der Waals surface area contributed by atoms with Crippen molar-refractivity contribution in [2.24, 2.45) is 11.8 Å². The molecule has 2 atom stereocenters. The van der Waals surface area contributed by atoms with Gasteiger partial charge < -0.3 is 5.32 Å². The highest BCUT2D eigenvalue weighted by atomic mass is 16.1. The lowest BCUT2D eigenvalue weighted by Crippen LogP contribution is -2.22. The molecule has 2 heterocycles. The third-order valence-corrected chi connectivity index (χ3v) is 8.39. The number of rotatable bonds is 10. The minimum absolute atomic E-state index is 0.196. The van der Waals surface area contributed by atoms with E-state index >= 15 is 0 Å². The maximum atomic E-state index is 12.7. The summed E-state index contributed by atoms with van der Waals surface area (Å²) in [6.45, 7) is 5.13. The van der Waals surface area contributed by atoms with Gasteiger partial charge in [-0.25, -0.2) is 9.97 Å². The van der Waals surface area contributed by atoms with E-state index in [1.54, 1.807) is 6.33 Å². The first kappa shape index (κ1) is 26.7. The van der Waals surface area contributed by atoms with Crippen LogP contribution in [0.1, 0.15) is 113 Å². The highest BCUT2D eigenvalue weighted by Crippen LogP contribution is 2.36. The molecule has 1 aromatic heterocycles. The summed E-state index contributed by atoms with van der Waals surface area (Å²) in [7, 11) is 0. The molecule has 2 aromatic rings. The molecule has 0 saturated heterocycles. The average molecular weight is 488 g/mol. The van der Waals surface area contributed by atoms with E-state index in [1.165, 1.54) is 61.8 Å². The van der Waals surface area contributed by atoms with Crippen molar-refractivity contribution in [1.29, 1.82) is 0 Å². The molecule has 0 amide bonds. The lowest BCUT2D eigenvalue weighted by atomic mass is 9.81. The van der Waals surface area contributed by atoms with Gasteiger partial charge in [-0.05, 0) is 56.9 Å². The molecule has 0 radical (unpaired) electrons. The van der Waals surface area contributed by atoms with Crippen LogP contribution in [-0.4, -0.2) is 21.8 Å². The zero-order valence-corrected chi connectivity index (χ0v) is 22.4. The summed E-state index contributed by atoms with van der Waals surface area (Å²) in [5.41, 5.74) is 5.03. The summed E-state index contributed by atoms with van der Waals surface area (Å²) in [4.78, 5) is 22.0. The molecule has 2 aliphatic rings. The number of benzene rings is 1. The number of hydrogen-bond acceptors (Lipinski definition) is 4. The molecule has 1 aliphatic heterocycles. The molecule has 1 N–H and O–H groups in total. The highest BCUT2D eigenvalue weighted by molar-refractivity contribution is 5.80. The number of carbonyl (C=O) groups is 1. The third-order valence-electron chi connectivity index (χ3n) is 8.39. The molecular weight excluding hydrogens is 442 g/mol. The summed E-state index contributed by atoms with van der Waals surface area (Å²) in [6.07, 6.45) is 20.0. The zero-order chi connectivity index (χ0) is 25.2. The predicted octanol–water partition coefficient (Wildman–Crippen LogP) is 7.43. The van der Waals surface area contributed by atoms with Crippen LogP contribution in [-0.2, 0) is 17.8 Å². The fourth-order valence-corrected chi connectivity index (χ4v) is 6.05. The van der Waals surface area contributed by atoms with Crippen molar-refractivity contribution in [3.05, 3.63) is 65.2 Å². The van der Waals surface area contributed by atoms with Crippen LogP contribution in [0.4, 0.5) is 0 Å². The molecule has 1 aliphatic carbocycles. The van der Waals surface area contributed by atoms with Crippen molar-refractivity contribution in [1.82, 2.24) is 15.3 Å². The molecule has 4 rings (SSSR count). The second-order valence-electron chi connectivity index (χ2n) is 11.2. The first-order valence-electron chi connectivity index (χ1n) is 14.4. The van der Waals surface area contributed by atoms with Gasteiger partial charge in [0.2, 0.25) is 0 Å². The fourth-order valence-electron chi connectivity index (χ4n) is 6.05. The van der Waals surface area contributed by atoms with Gasteiger partial charge in [0.15, 0.2) is 0 Å². The first-order chi connectivity index (χ1) is 17.6. The first-order valence-corrected chi connectivity index (χ1v) is 14.4. The van der Waals surface area contributed by atoms with E-state index in [9.17, 15) is 4.79 Å². The Kier molecular flexibility index (Phi) is 10.3. The van der Waals surface area contributed by atoms with Gasteiger partial charge in [-0.15, -0.1) is 0 Å². The lowest BCUT2D eigenvalue weighted by Gasteiger charge is -2.25. The van der Waals surface area contributed by atoms with Gasteiger partial charge in [-0.2, -0.15) is 0 Å². The predicted molar refractivity (Wildman–Crippen MR) is 149 cm³/mol. The van der Waals surface area contributed by atoms with Crippen molar-refractivity contribution < 1.29 is 4.79 Å². The number of nitrogens with zero attached hydrogens (tertiary/aromatic N) is 2. The Hall–Kier alpha value is -2.33. The minimum atomic E-state index is 0.196. The molecule has 4 heteroatoms. The summed E-state index contributed by atoms with van der Waals surface area (Å²) in [6, 6.07) is 11.0. The van der Waals surface area contributed by atoms with E-state index in [4.69, 9.17) is 4.98 Å². The highest BCUT2D eigenvalue weighted by Gasteiger charge is 2.23. The Balaban J connectivity index is 1.17. The van der Waals surface area contributed by atoms with E-state index in [2.05, 4.69) is 66.6 Å². The maximum Gasteiger partial charge on any atom is 0.135 e. The molecular formula is C32H45N3O. The van der Waals surface area contributed by atoms with Gasteiger partial charge in [0.05, 0.1) is 11.4 Å². The van der Waals surface area contributed by atoms with Crippen molar-refractivity contribution in [3.8, 4) is 0 Å². The molecule has 1 aromatic carbocycles. The molecule has 1 saturated carbocycles.